The van der Waals surface area contributed by atoms with Crippen LogP contribution in [0.1, 0.15) is 316 Å². The van der Waals surface area contributed by atoms with E-state index in [9.17, 15) is 19.8 Å². The molecule has 0 aliphatic carbocycles. The molecule has 0 spiro atoms. The zero-order valence-corrected chi connectivity index (χ0v) is 45.0. The number of nitrogens with one attached hydrogen (secondary N) is 1. The van der Waals surface area contributed by atoms with Crippen LogP contribution in [0.15, 0.2) is 36.5 Å². The molecule has 394 valence electrons. The lowest BCUT2D eigenvalue weighted by Crippen LogP contribution is -2.46. The molecule has 0 aliphatic rings. The largest absolute Gasteiger partial charge is 0.462 e. The highest BCUT2D eigenvalue weighted by Gasteiger charge is 2.24. The highest BCUT2D eigenvalue weighted by Crippen LogP contribution is 2.19. The minimum atomic E-state index is -0.789. The van der Waals surface area contributed by atoms with Gasteiger partial charge in [0.1, 0.15) is 6.10 Å². The Bertz CT molecular complexity index is 1100. The lowest BCUT2D eigenvalue weighted by atomic mass is 10.0. The second-order valence-electron chi connectivity index (χ2n) is 20.4. The Morgan fingerprint density at radius 1 is 0.433 bits per heavy atom. The summed E-state index contributed by atoms with van der Waals surface area (Å²) in [5.41, 5.74) is 0. The normalized spacial score (nSPS) is 13.3. The van der Waals surface area contributed by atoms with Crippen molar-refractivity contribution in [1.82, 2.24) is 5.32 Å². The predicted octanol–water partition coefficient (Wildman–Crippen LogP) is 18.4. The van der Waals surface area contributed by atoms with Crippen LogP contribution in [0.2, 0.25) is 0 Å². The Morgan fingerprint density at radius 2 is 0.761 bits per heavy atom. The second-order valence-corrected chi connectivity index (χ2v) is 20.4. The molecule has 0 aromatic carbocycles. The van der Waals surface area contributed by atoms with Crippen molar-refractivity contribution in [2.24, 2.45) is 0 Å². The number of rotatable bonds is 54. The molecule has 0 aliphatic heterocycles. The van der Waals surface area contributed by atoms with Gasteiger partial charge in [0, 0.05) is 6.42 Å². The number of carbonyl (C=O) groups excluding carboxylic acids is 2. The number of allylic oxidation sites excluding steroid dienone is 6. The van der Waals surface area contributed by atoms with Crippen molar-refractivity contribution in [2.45, 2.75) is 334 Å². The van der Waals surface area contributed by atoms with Crippen LogP contribution >= 0.6 is 0 Å². The SMILES string of the molecule is CCCCC/C=C\C/C=C\CCCCCCCCCC(CC(=O)NC(CO)C(O)CCCCCCCCCCCCCC)OC(=O)CCCCCCCCCCC/C=C/CCCCCCCC. The van der Waals surface area contributed by atoms with Gasteiger partial charge in [-0.05, 0) is 83.5 Å². The first-order chi connectivity index (χ1) is 33.0. The summed E-state index contributed by atoms with van der Waals surface area (Å²) in [7, 11) is 0. The fourth-order valence-corrected chi connectivity index (χ4v) is 9.16. The topological polar surface area (TPSA) is 95.9 Å². The van der Waals surface area contributed by atoms with E-state index in [2.05, 4.69) is 62.5 Å². The van der Waals surface area contributed by atoms with Crippen LogP contribution in [-0.2, 0) is 14.3 Å². The molecule has 0 radical (unpaired) electrons. The monoisotopic (exact) mass is 942 g/mol. The van der Waals surface area contributed by atoms with Gasteiger partial charge in [0.15, 0.2) is 0 Å². The number of aliphatic hydroxyl groups is 2. The molecular formula is C61H115NO5. The predicted molar refractivity (Wildman–Crippen MR) is 292 cm³/mol. The van der Waals surface area contributed by atoms with E-state index in [0.29, 0.717) is 19.3 Å². The summed E-state index contributed by atoms with van der Waals surface area (Å²) in [5.74, 6) is -0.468. The average Bonchev–Trinajstić information content (AvgIpc) is 3.32. The van der Waals surface area contributed by atoms with Gasteiger partial charge in [-0.15, -0.1) is 0 Å². The van der Waals surface area contributed by atoms with Crippen LogP contribution in [-0.4, -0.2) is 46.9 Å². The third kappa shape index (κ3) is 50.3. The zero-order valence-electron chi connectivity index (χ0n) is 45.0. The second kappa shape index (κ2) is 55.0. The highest BCUT2D eigenvalue weighted by atomic mass is 16.5. The minimum absolute atomic E-state index is 0.0746. The summed E-state index contributed by atoms with van der Waals surface area (Å²) in [6.07, 6.45) is 66.4. The maximum atomic E-state index is 13.3. The summed E-state index contributed by atoms with van der Waals surface area (Å²) >= 11 is 0. The summed E-state index contributed by atoms with van der Waals surface area (Å²) in [6.45, 7) is 6.48. The fourth-order valence-electron chi connectivity index (χ4n) is 9.16. The molecule has 0 heterocycles. The number of unbranched alkanes of at least 4 members (excludes halogenated alkanes) is 36. The number of carbonyl (C=O) groups is 2. The van der Waals surface area contributed by atoms with Crippen LogP contribution < -0.4 is 5.32 Å². The van der Waals surface area contributed by atoms with Gasteiger partial charge in [0.2, 0.25) is 5.91 Å². The Kier molecular flexibility index (Phi) is 53.4. The minimum Gasteiger partial charge on any atom is -0.462 e. The standard InChI is InChI=1S/C61H115NO5/c1-4-7-10-13-16-19-22-25-27-29-30-32-34-36-39-42-45-48-51-54-61(66)67-57(52-49-46-43-40-37-35-33-31-28-26-23-20-17-14-11-8-5-2)55-60(65)62-58(56-63)59(64)53-50-47-44-41-38-24-21-18-15-12-9-6-3/h17,20,25-28,57-59,63-64H,4-16,18-19,21-24,29-56H2,1-3H3,(H,62,65)/b20-17-,27-25+,28-26-. The smallest absolute Gasteiger partial charge is 0.306 e. The molecule has 0 bridgehead atoms. The first-order valence-electron chi connectivity index (χ1n) is 29.7. The van der Waals surface area contributed by atoms with Crippen molar-refractivity contribution in [3.05, 3.63) is 36.5 Å². The summed E-state index contributed by atoms with van der Waals surface area (Å²) in [6, 6.07) is -0.703. The molecule has 3 N–H and O–H groups in total. The Hall–Kier alpha value is -1.92. The average molecular weight is 943 g/mol. The third-order valence-corrected chi connectivity index (χ3v) is 13.7. The molecule has 0 saturated heterocycles. The van der Waals surface area contributed by atoms with Crippen LogP contribution in [0.4, 0.5) is 0 Å². The summed E-state index contributed by atoms with van der Waals surface area (Å²) in [5, 5.41) is 23.9. The number of hydrogen-bond donors (Lipinski definition) is 3. The molecule has 6 nitrogen and oxygen atoms in total. The number of aliphatic hydroxyl groups excluding tert-OH is 2. The molecule has 0 rings (SSSR count). The molecule has 3 unspecified atom stereocenters. The fraction of sp³-hybridized carbons (Fsp3) is 0.869. The van der Waals surface area contributed by atoms with Crippen LogP contribution in [0, 0.1) is 0 Å². The Balaban J connectivity index is 4.54. The molecule has 1 amide bonds. The van der Waals surface area contributed by atoms with E-state index < -0.39 is 18.2 Å². The number of ether oxygens (including phenoxy) is 1. The van der Waals surface area contributed by atoms with Gasteiger partial charge in [0.05, 0.1) is 25.2 Å². The van der Waals surface area contributed by atoms with Crippen molar-refractivity contribution in [1.29, 1.82) is 0 Å². The number of esters is 1. The van der Waals surface area contributed by atoms with Gasteiger partial charge in [0.25, 0.3) is 0 Å². The molecule has 0 fully saturated rings. The molecular weight excluding hydrogens is 827 g/mol. The van der Waals surface area contributed by atoms with E-state index >= 15 is 0 Å². The maximum Gasteiger partial charge on any atom is 0.306 e. The third-order valence-electron chi connectivity index (χ3n) is 13.7. The molecule has 0 saturated carbocycles. The first kappa shape index (κ1) is 65.1. The van der Waals surface area contributed by atoms with E-state index in [4.69, 9.17) is 4.74 Å². The van der Waals surface area contributed by atoms with Gasteiger partial charge in [-0.1, -0.05) is 256 Å². The number of amides is 1. The van der Waals surface area contributed by atoms with Gasteiger partial charge in [-0.2, -0.15) is 0 Å². The summed E-state index contributed by atoms with van der Waals surface area (Å²) in [4.78, 5) is 26.3. The van der Waals surface area contributed by atoms with Crippen molar-refractivity contribution >= 4 is 11.9 Å². The quantitative estimate of drug-likeness (QED) is 0.0321. The van der Waals surface area contributed by atoms with E-state index in [0.717, 1.165) is 64.2 Å². The van der Waals surface area contributed by atoms with Gasteiger partial charge >= 0.3 is 5.97 Å². The van der Waals surface area contributed by atoms with Gasteiger partial charge in [-0.3, -0.25) is 9.59 Å². The van der Waals surface area contributed by atoms with Crippen molar-refractivity contribution in [3.63, 3.8) is 0 Å². The molecule has 0 aromatic heterocycles. The van der Waals surface area contributed by atoms with Crippen molar-refractivity contribution < 1.29 is 24.5 Å². The molecule has 67 heavy (non-hydrogen) atoms. The van der Waals surface area contributed by atoms with Gasteiger partial charge in [-0.25, -0.2) is 0 Å². The molecule has 0 aromatic rings. The van der Waals surface area contributed by atoms with Crippen molar-refractivity contribution in [2.75, 3.05) is 6.61 Å². The lowest BCUT2D eigenvalue weighted by molar-refractivity contribution is -0.151. The Morgan fingerprint density at radius 3 is 1.18 bits per heavy atom. The molecule has 6 heteroatoms. The van der Waals surface area contributed by atoms with Crippen molar-refractivity contribution in [3.8, 4) is 0 Å². The number of hydrogen-bond acceptors (Lipinski definition) is 5. The van der Waals surface area contributed by atoms with Crippen LogP contribution in [0.3, 0.4) is 0 Å². The van der Waals surface area contributed by atoms with E-state index in [1.165, 1.54) is 205 Å². The van der Waals surface area contributed by atoms with Gasteiger partial charge < -0.3 is 20.3 Å². The Labute approximate surface area is 417 Å². The van der Waals surface area contributed by atoms with E-state index in [1.807, 2.05) is 0 Å². The lowest BCUT2D eigenvalue weighted by Gasteiger charge is -2.24. The zero-order chi connectivity index (χ0) is 48.8. The van der Waals surface area contributed by atoms with E-state index in [-0.39, 0.29) is 24.9 Å². The van der Waals surface area contributed by atoms with E-state index in [1.54, 1.807) is 0 Å². The first-order valence-corrected chi connectivity index (χ1v) is 29.7. The van der Waals surface area contributed by atoms with Crippen LogP contribution in [0.5, 0.6) is 0 Å². The maximum absolute atomic E-state index is 13.3. The molecule has 3 atom stereocenters. The highest BCUT2D eigenvalue weighted by molar-refractivity contribution is 5.77. The van der Waals surface area contributed by atoms with Crippen LogP contribution in [0.25, 0.3) is 0 Å². The summed E-state index contributed by atoms with van der Waals surface area (Å²) < 4.78 is 5.97.